The third-order valence-electron chi connectivity index (χ3n) is 0. The fourth-order valence-electron chi connectivity index (χ4n) is 0. The molecule has 0 atom stereocenters. The van der Waals surface area contributed by atoms with Crippen LogP contribution in [-0.4, -0.2) is 0 Å². The van der Waals surface area contributed by atoms with Gasteiger partial charge in [-0.05, 0) is 0 Å². The van der Waals surface area contributed by atoms with Crippen molar-refractivity contribution in [3.8, 4) is 0 Å². The van der Waals surface area contributed by atoms with Gasteiger partial charge in [0, 0.05) is 0 Å². The monoisotopic (exact) mass is 218 g/mol. The molecule has 0 amide bonds. The molecular formula is C4H16ClMnO4-2. The summed E-state index contributed by atoms with van der Waals surface area (Å²) in [7, 11) is 0. The summed E-state index contributed by atoms with van der Waals surface area (Å²) in [6.07, 6.45) is 0. The summed E-state index contributed by atoms with van der Waals surface area (Å²) in [6, 6.07) is 0. The fourth-order valence-corrected chi connectivity index (χ4v) is 0. The second-order valence-electron chi connectivity index (χ2n) is 0.378. The standard InChI is InChI=1S/4CH4.ClH.Mn.4O/h4*1H4;1H;;;;;/q;;;;;;;;;-1/p-1. The molecule has 0 heterocycles. The number of hydrogen-bond acceptors (Lipinski definition) is 4. The topological polar surface area (TPSA) is 74.3 Å². The van der Waals surface area contributed by atoms with Crippen molar-refractivity contribution in [2.24, 2.45) is 0 Å². The van der Waals surface area contributed by atoms with Gasteiger partial charge >= 0.3 is 28.7 Å². The molecule has 0 saturated carbocycles. The molecule has 0 N–H and O–H groups in total. The van der Waals surface area contributed by atoms with E-state index in [-0.39, 0.29) is 42.1 Å². The van der Waals surface area contributed by atoms with Crippen molar-refractivity contribution in [1.82, 2.24) is 0 Å². The van der Waals surface area contributed by atoms with Crippen molar-refractivity contribution in [2.45, 2.75) is 29.7 Å². The van der Waals surface area contributed by atoms with Gasteiger partial charge < -0.3 is 12.4 Å². The average molecular weight is 219 g/mol. The van der Waals surface area contributed by atoms with E-state index in [1.807, 2.05) is 0 Å². The van der Waals surface area contributed by atoms with Crippen LogP contribution in [0.25, 0.3) is 0 Å². The molecule has 0 aromatic carbocycles. The maximum absolute atomic E-state index is 8.58. The summed E-state index contributed by atoms with van der Waals surface area (Å²) in [6.45, 7) is 0. The van der Waals surface area contributed by atoms with Gasteiger partial charge in [0.15, 0.2) is 0 Å². The average Bonchev–Trinajstić information content (AvgIpc) is 0.722. The van der Waals surface area contributed by atoms with E-state index < -0.39 is 13.0 Å². The molecule has 72 valence electrons. The third-order valence-corrected chi connectivity index (χ3v) is 0. The first-order chi connectivity index (χ1) is 2.00. The van der Waals surface area contributed by atoms with Gasteiger partial charge in [-0.15, -0.1) is 0 Å². The van der Waals surface area contributed by atoms with E-state index in [0.717, 1.165) is 0 Å². The van der Waals surface area contributed by atoms with Crippen LogP contribution in [-0.2, 0) is 24.5 Å². The second-order valence-corrected chi connectivity index (χ2v) is 1.56. The van der Waals surface area contributed by atoms with E-state index >= 15 is 0 Å². The Morgan fingerprint density at radius 3 is 0.800 bits per heavy atom. The molecule has 4 nitrogen and oxygen atoms in total. The zero-order chi connectivity index (χ0) is 4.50. The summed E-state index contributed by atoms with van der Waals surface area (Å²) in [5.74, 6) is 0. The SMILES string of the molecule is C.C.C.C.[Cl-].[O]=[Mn](=[O])(=[O])[O-]. The molecule has 0 bridgehead atoms. The Bertz CT molecular complexity index is 138. The van der Waals surface area contributed by atoms with Gasteiger partial charge in [-0.3, -0.25) is 0 Å². The summed E-state index contributed by atoms with van der Waals surface area (Å²) >= 11 is -5.62. The van der Waals surface area contributed by atoms with Crippen LogP contribution in [0.5, 0.6) is 0 Å². The van der Waals surface area contributed by atoms with Gasteiger partial charge in [0.25, 0.3) is 0 Å². The predicted molar refractivity (Wildman–Crippen MR) is 29.0 cm³/mol. The minimum absolute atomic E-state index is 0. The van der Waals surface area contributed by atoms with Crippen LogP contribution in [0.15, 0.2) is 0 Å². The molecule has 0 saturated heterocycles. The fraction of sp³-hybridized carbons (Fsp3) is 1.00. The van der Waals surface area contributed by atoms with Crippen molar-refractivity contribution < 1.29 is 41.1 Å². The number of halogens is 1. The first-order valence-electron chi connectivity index (χ1n) is 0.617. The Morgan fingerprint density at radius 1 is 0.800 bits per heavy atom. The molecule has 6 heteroatoms. The van der Waals surface area contributed by atoms with Crippen molar-refractivity contribution >= 4 is 0 Å². The quantitative estimate of drug-likeness (QED) is 0.441. The van der Waals surface area contributed by atoms with E-state index in [4.69, 9.17) is 15.7 Å². The zero-order valence-electron chi connectivity index (χ0n) is 2.39. The van der Waals surface area contributed by atoms with Crippen LogP contribution in [0.1, 0.15) is 29.7 Å². The van der Waals surface area contributed by atoms with Crippen LogP contribution in [0, 0.1) is 0 Å². The third kappa shape index (κ3) is 14600. The normalized spacial score (nSPS) is 5.70. The predicted octanol–water partition coefficient (Wildman–Crippen LogP) is -2.00. The van der Waals surface area contributed by atoms with Crippen molar-refractivity contribution in [1.29, 1.82) is 0 Å². The second kappa shape index (κ2) is 16.1. The Morgan fingerprint density at radius 2 is 0.800 bits per heavy atom. The van der Waals surface area contributed by atoms with Gasteiger partial charge in [0.1, 0.15) is 0 Å². The number of rotatable bonds is 0. The van der Waals surface area contributed by atoms with Crippen molar-refractivity contribution in [3.05, 3.63) is 0 Å². The Kier molecular flexibility index (Phi) is 79.1. The summed E-state index contributed by atoms with van der Waals surface area (Å²) in [5.41, 5.74) is 0. The Hall–Kier alpha value is 0.169. The van der Waals surface area contributed by atoms with E-state index in [2.05, 4.69) is 0 Å². The summed E-state index contributed by atoms with van der Waals surface area (Å²) < 4.78 is 34.3. The molecule has 0 rings (SSSR count). The molecule has 0 radical (unpaired) electrons. The van der Waals surface area contributed by atoms with E-state index in [1.165, 1.54) is 0 Å². The van der Waals surface area contributed by atoms with E-state index in [9.17, 15) is 0 Å². The first-order valence-corrected chi connectivity index (χ1v) is 2.54. The molecule has 0 aliphatic heterocycles. The summed E-state index contributed by atoms with van der Waals surface area (Å²) in [5, 5.41) is 0. The summed E-state index contributed by atoms with van der Waals surface area (Å²) in [4.78, 5) is 0. The van der Waals surface area contributed by atoms with Gasteiger partial charge in [0.2, 0.25) is 0 Å². The molecule has 0 aromatic rings. The van der Waals surface area contributed by atoms with Gasteiger partial charge in [-0.25, -0.2) is 0 Å². The van der Waals surface area contributed by atoms with Crippen molar-refractivity contribution in [2.75, 3.05) is 0 Å². The molecule has 0 aliphatic rings. The van der Waals surface area contributed by atoms with Crippen LogP contribution in [0.4, 0.5) is 0 Å². The molecular weight excluding hydrogens is 202 g/mol. The zero-order valence-corrected chi connectivity index (χ0v) is 4.33. The molecule has 0 unspecified atom stereocenters. The van der Waals surface area contributed by atoms with Gasteiger partial charge in [-0.1, -0.05) is 29.7 Å². The Labute approximate surface area is 71.2 Å². The molecule has 0 aliphatic carbocycles. The molecule has 0 fully saturated rings. The van der Waals surface area contributed by atoms with Gasteiger partial charge in [0.05, 0.1) is 0 Å². The minimum atomic E-state index is -5.62. The Balaban J connectivity index is -0.00000000800. The van der Waals surface area contributed by atoms with Gasteiger partial charge in [-0.2, -0.15) is 0 Å². The van der Waals surface area contributed by atoms with Crippen LogP contribution in [0.3, 0.4) is 0 Å². The molecule has 0 aromatic heterocycles. The van der Waals surface area contributed by atoms with Crippen LogP contribution < -0.4 is 16.6 Å². The number of hydrogen-bond donors (Lipinski definition) is 0. The molecule has 10 heavy (non-hydrogen) atoms. The van der Waals surface area contributed by atoms with Crippen molar-refractivity contribution in [3.63, 3.8) is 0 Å². The maximum atomic E-state index is 8.58. The van der Waals surface area contributed by atoms with Crippen LogP contribution >= 0.6 is 0 Å². The van der Waals surface area contributed by atoms with E-state index in [0.29, 0.717) is 0 Å². The van der Waals surface area contributed by atoms with E-state index in [1.54, 1.807) is 0 Å². The van der Waals surface area contributed by atoms with Crippen LogP contribution in [0.2, 0.25) is 0 Å². The first kappa shape index (κ1) is 49.2. The molecule has 0 spiro atoms.